The normalized spacial score (nSPS) is 23.2. The van der Waals surface area contributed by atoms with E-state index in [0.717, 1.165) is 5.75 Å². The smallest absolute Gasteiger partial charge is 0.317 e. The fourth-order valence-corrected chi connectivity index (χ4v) is 2.75. The number of nitrogens with one attached hydrogen (secondary N) is 1. The summed E-state index contributed by atoms with van der Waals surface area (Å²) in [6.07, 6.45) is 0.328. The van der Waals surface area contributed by atoms with Crippen molar-refractivity contribution in [2.24, 2.45) is 5.92 Å². The molecule has 1 aliphatic rings. The number of hydrogen-bond donors (Lipinski definition) is 2. The second-order valence-corrected chi connectivity index (χ2v) is 6.30. The van der Waals surface area contributed by atoms with Crippen molar-refractivity contribution in [3.8, 4) is 5.75 Å². The maximum absolute atomic E-state index is 12.3. The summed E-state index contributed by atoms with van der Waals surface area (Å²) in [6.45, 7) is 4.22. The Kier molecular flexibility index (Phi) is 6.64. The van der Waals surface area contributed by atoms with Gasteiger partial charge in [0.15, 0.2) is 0 Å². The van der Waals surface area contributed by atoms with Gasteiger partial charge in [-0.15, -0.1) is 0 Å². The van der Waals surface area contributed by atoms with E-state index in [9.17, 15) is 9.59 Å². The van der Waals surface area contributed by atoms with Gasteiger partial charge in [0.1, 0.15) is 11.9 Å². The number of amides is 2. The summed E-state index contributed by atoms with van der Waals surface area (Å²) < 4.78 is 11.6. The highest BCUT2D eigenvalue weighted by molar-refractivity contribution is 5.76. The number of hydrogen-bond acceptors (Lipinski definition) is 4. The largest absolute Gasteiger partial charge is 0.486 e. The molecule has 4 unspecified atom stereocenters. The molecule has 1 fully saturated rings. The van der Waals surface area contributed by atoms with E-state index < -0.39 is 11.9 Å². The highest BCUT2D eigenvalue weighted by Crippen LogP contribution is 2.29. The van der Waals surface area contributed by atoms with Crippen LogP contribution in [0, 0.1) is 5.92 Å². The number of benzene rings is 1. The first-order valence-corrected chi connectivity index (χ1v) is 8.50. The van der Waals surface area contributed by atoms with Crippen LogP contribution in [0.2, 0.25) is 0 Å². The highest BCUT2D eigenvalue weighted by Gasteiger charge is 2.45. The summed E-state index contributed by atoms with van der Waals surface area (Å²) in [5.74, 6) is -0.821. The molecule has 0 bridgehead atoms. The van der Waals surface area contributed by atoms with Gasteiger partial charge >= 0.3 is 12.0 Å². The summed E-state index contributed by atoms with van der Waals surface area (Å²) in [4.78, 5) is 24.6. The molecule has 1 aromatic rings. The number of ether oxygens (including phenoxy) is 2. The zero-order chi connectivity index (χ0) is 18.4. The number of para-hydroxylation sites is 1. The molecule has 2 amide bonds. The molecule has 2 rings (SSSR count). The standard InChI is InChI=1S/C18H26N2O5/c1-4-24-15-10-14(16(15)25-13-8-6-5-7-9-13)19-18(23)20(3)11-12(2)17(21)22/h5-9,12,14-16H,4,10-11H2,1-3H3,(H,19,23)(H,21,22). The molecule has 25 heavy (non-hydrogen) atoms. The maximum Gasteiger partial charge on any atom is 0.317 e. The minimum atomic E-state index is -0.926. The molecule has 0 aliphatic heterocycles. The molecular formula is C18H26N2O5. The average molecular weight is 350 g/mol. The van der Waals surface area contributed by atoms with Crippen LogP contribution in [0.1, 0.15) is 20.3 Å². The van der Waals surface area contributed by atoms with E-state index in [4.69, 9.17) is 14.6 Å². The first kappa shape index (κ1) is 19.1. The lowest BCUT2D eigenvalue weighted by molar-refractivity contribution is -0.141. The lowest BCUT2D eigenvalue weighted by atomic mass is 9.85. The molecule has 0 heterocycles. The lowest BCUT2D eigenvalue weighted by Gasteiger charge is -2.44. The van der Waals surface area contributed by atoms with E-state index in [2.05, 4.69) is 5.32 Å². The van der Waals surface area contributed by atoms with Crippen molar-refractivity contribution in [1.29, 1.82) is 0 Å². The molecule has 0 spiro atoms. The molecule has 7 heteroatoms. The minimum absolute atomic E-state index is 0.0706. The third-order valence-electron chi connectivity index (χ3n) is 4.27. The molecule has 0 aromatic heterocycles. The molecule has 138 valence electrons. The molecule has 1 saturated carbocycles. The average Bonchev–Trinajstić information content (AvgIpc) is 2.59. The van der Waals surface area contributed by atoms with Crippen molar-refractivity contribution < 1.29 is 24.2 Å². The monoisotopic (exact) mass is 350 g/mol. The summed E-state index contributed by atoms with van der Waals surface area (Å²) in [5.41, 5.74) is 0. The van der Waals surface area contributed by atoms with Crippen LogP contribution >= 0.6 is 0 Å². The molecule has 4 atom stereocenters. The van der Waals surface area contributed by atoms with Crippen LogP contribution in [-0.4, -0.2) is 60.5 Å². The number of carbonyl (C=O) groups excluding carboxylic acids is 1. The fourth-order valence-electron chi connectivity index (χ4n) is 2.75. The summed E-state index contributed by atoms with van der Waals surface area (Å²) >= 11 is 0. The number of carboxylic acid groups (broad SMARTS) is 1. The number of urea groups is 1. The van der Waals surface area contributed by atoms with Crippen molar-refractivity contribution >= 4 is 12.0 Å². The van der Waals surface area contributed by atoms with Gasteiger partial charge in [0.25, 0.3) is 0 Å². The van der Waals surface area contributed by atoms with Gasteiger partial charge in [-0.1, -0.05) is 25.1 Å². The first-order chi connectivity index (χ1) is 11.9. The Labute approximate surface area is 147 Å². The van der Waals surface area contributed by atoms with Crippen LogP contribution in [0.4, 0.5) is 4.79 Å². The summed E-state index contributed by atoms with van der Waals surface area (Å²) in [6, 6.07) is 8.92. The third kappa shape index (κ3) is 5.09. The molecule has 1 aromatic carbocycles. The maximum atomic E-state index is 12.3. The Morgan fingerprint density at radius 3 is 2.64 bits per heavy atom. The van der Waals surface area contributed by atoms with E-state index in [0.29, 0.717) is 13.0 Å². The zero-order valence-corrected chi connectivity index (χ0v) is 14.8. The van der Waals surface area contributed by atoms with Crippen molar-refractivity contribution in [3.63, 3.8) is 0 Å². The van der Waals surface area contributed by atoms with Crippen LogP contribution in [-0.2, 0) is 9.53 Å². The first-order valence-electron chi connectivity index (χ1n) is 8.50. The fraction of sp³-hybridized carbons (Fsp3) is 0.556. The van der Waals surface area contributed by atoms with Gasteiger partial charge in [0.05, 0.1) is 18.1 Å². The van der Waals surface area contributed by atoms with Gasteiger partial charge in [-0.3, -0.25) is 4.79 Å². The number of carboxylic acids is 1. The van der Waals surface area contributed by atoms with Crippen molar-refractivity contribution in [3.05, 3.63) is 30.3 Å². The number of carbonyl (C=O) groups is 2. The van der Waals surface area contributed by atoms with Gasteiger partial charge < -0.3 is 24.8 Å². The Morgan fingerprint density at radius 1 is 1.36 bits per heavy atom. The second-order valence-electron chi connectivity index (χ2n) is 6.30. The minimum Gasteiger partial charge on any atom is -0.486 e. The van der Waals surface area contributed by atoms with Crippen LogP contribution in [0.3, 0.4) is 0 Å². The zero-order valence-electron chi connectivity index (χ0n) is 14.8. The predicted octanol–water partition coefficient (Wildman–Crippen LogP) is 1.97. The van der Waals surface area contributed by atoms with E-state index >= 15 is 0 Å². The topological polar surface area (TPSA) is 88.1 Å². The Bertz CT molecular complexity index is 580. The van der Waals surface area contributed by atoms with Crippen molar-refractivity contribution in [1.82, 2.24) is 10.2 Å². The number of nitrogens with zero attached hydrogens (tertiary/aromatic N) is 1. The van der Waals surface area contributed by atoms with Gasteiger partial charge in [-0.05, 0) is 19.1 Å². The van der Waals surface area contributed by atoms with Gasteiger partial charge in [0.2, 0.25) is 0 Å². The SMILES string of the molecule is CCOC1CC(NC(=O)N(C)CC(C)C(=O)O)C1Oc1ccccc1. The van der Waals surface area contributed by atoms with Crippen LogP contribution < -0.4 is 10.1 Å². The summed E-state index contributed by atoms with van der Waals surface area (Å²) in [7, 11) is 1.58. The predicted molar refractivity (Wildman–Crippen MR) is 92.6 cm³/mol. The molecule has 2 N–H and O–H groups in total. The quantitative estimate of drug-likeness (QED) is 0.748. The summed E-state index contributed by atoms with van der Waals surface area (Å²) in [5, 5.41) is 11.9. The third-order valence-corrected chi connectivity index (χ3v) is 4.27. The Morgan fingerprint density at radius 2 is 2.04 bits per heavy atom. The molecule has 1 aliphatic carbocycles. The highest BCUT2D eigenvalue weighted by atomic mass is 16.5. The number of rotatable bonds is 8. The lowest BCUT2D eigenvalue weighted by Crippen LogP contribution is -2.64. The van der Waals surface area contributed by atoms with Gasteiger partial charge in [-0.2, -0.15) is 0 Å². The van der Waals surface area contributed by atoms with E-state index in [-0.39, 0.29) is 30.8 Å². The van der Waals surface area contributed by atoms with Crippen LogP contribution in [0.15, 0.2) is 30.3 Å². The molecule has 0 saturated heterocycles. The number of aliphatic carboxylic acids is 1. The van der Waals surface area contributed by atoms with Crippen molar-refractivity contribution in [2.45, 2.75) is 38.5 Å². The van der Waals surface area contributed by atoms with E-state index in [1.807, 2.05) is 37.3 Å². The molecular weight excluding hydrogens is 324 g/mol. The van der Waals surface area contributed by atoms with Gasteiger partial charge in [0, 0.05) is 26.6 Å². The van der Waals surface area contributed by atoms with Crippen molar-refractivity contribution in [2.75, 3.05) is 20.2 Å². The molecule has 7 nitrogen and oxygen atoms in total. The van der Waals surface area contributed by atoms with Gasteiger partial charge in [-0.25, -0.2) is 4.79 Å². The Hall–Kier alpha value is -2.28. The second kappa shape index (κ2) is 8.71. The van der Waals surface area contributed by atoms with Crippen LogP contribution in [0.5, 0.6) is 5.75 Å². The van der Waals surface area contributed by atoms with E-state index in [1.165, 1.54) is 4.90 Å². The molecule has 0 radical (unpaired) electrons. The van der Waals surface area contributed by atoms with Crippen LogP contribution in [0.25, 0.3) is 0 Å². The van der Waals surface area contributed by atoms with E-state index in [1.54, 1.807) is 14.0 Å². The Balaban J connectivity index is 1.93.